The van der Waals surface area contributed by atoms with Gasteiger partial charge in [-0.2, -0.15) is 0 Å². The normalized spacial score (nSPS) is 16.8. The van der Waals surface area contributed by atoms with Gasteiger partial charge in [-0.15, -0.1) is 0 Å². The topological polar surface area (TPSA) is 89.0 Å². The van der Waals surface area contributed by atoms with E-state index in [2.05, 4.69) is 4.98 Å². The van der Waals surface area contributed by atoms with Crippen LogP contribution in [0.4, 0.5) is 0 Å². The van der Waals surface area contributed by atoms with Crippen LogP contribution in [0.2, 0.25) is 0 Å². The number of Topliss-reactive ketones (excluding diaryl/α,β-unsaturated/α-hetero) is 1. The van der Waals surface area contributed by atoms with Crippen LogP contribution in [0.3, 0.4) is 0 Å². The Morgan fingerprint density at radius 2 is 1.78 bits per heavy atom. The van der Waals surface area contributed by atoms with E-state index in [0.29, 0.717) is 23.5 Å². The first kappa shape index (κ1) is 24.1. The van der Waals surface area contributed by atoms with Gasteiger partial charge in [0.1, 0.15) is 17.3 Å². The third-order valence-corrected chi connectivity index (χ3v) is 6.42. The van der Waals surface area contributed by atoms with Gasteiger partial charge in [0.05, 0.1) is 25.3 Å². The fourth-order valence-electron chi connectivity index (χ4n) is 4.67. The summed E-state index contributed by atoms with van der Waals surface area (Å²) in [5, 5.41) is 13.3. The number of hydrogen-bond donors (Lipinski definition) is 1. The van der Waals surface area contributed by atoms with Gasteiger partial charge in [0.15, 0.2) is 0 Å². The number of nitrogens with zero attached hydrogens (tertiary/aromatic N) is 2. The van der Waals surface area contributed by atoms with E-state index in [4.69, 9.17) is 9.47 Å². The molecule has 1 aliphatic heterocycles. The lowest BCUT2D eigenvalue weighted by molar-refractivity contribution is -0.140. The lowest BCUT2D eigenvalue weighted by Gasteiger charge is -2.25. The number of ketones is 1. The first-order valence-electron chi connectivity index (χ1n) is 12.0. The summed E-state index contributed by atoms with van der Waals surface area (Å²) in [5.41, 5.74) is 1.93. The highest BCUT2D eigenvalue weighted by molar-refractivity contribution is 6.46. The van der Waals surface area contributed by atoms with Crippen molar-refractivity contribution >= 4 is 28.2 Å². The van der Waals surface area contributed by atoms with Gasteiger partial charge in [-0.3, -0.25) is 14.6 Å². The Labute approximate surface area is 214 Å². The molecule has 0 spiro atoms. The fraction of sp³-hybridized carbons (Fsp3) is 0.167. The summed E-state index contributed by atoms with van der Waals surface area (Å²) < 4.78 is 11.0. The number of rotatable bonds is 7. The van der Waals surface area contributed by atoms with E-state index in [-0.39, 0.29) is 17.9 Å². The highest BCUT2D eigenvalue weighted by Crippen LogP contribution is 2.41. The van der Waals surface area contributed by atoms with E-state index < -0.39 is 17.7 Å². The molecule has 4 aromatic rings. The first-order chi connectivity index (χ1) is 18.0. The van der Waals surface area contributed by atoms with Crippen molar-refractivity contribution in [1.29, 1.82) is 0 Å². The Morgan fingerprint density at radius 3 is 2.54 bits per heavy atom. The van der Waals surface area contributed by atoms with Crippen molar-refractivity contribution in [3.8, 4) is 11.5 Å². The van der Waals surface area contributed by atoms with Gasteiger partial charge in [-0.1, -0.05) is 36.4 Å². The molecule has 3 aromatic carbocycles. The van der Waals surface area contributed by atoms with Crippen LogP contribution in [0, 0.1) is 0 Å². The zero-order chi connectivity index (χ0) is 25.9. The number of aromatic nitrogens is 1. The Balaban J connectivity index is 1.65. The molecule has 1 atom stereocenters. The SMILES string of the molecule is CCOc1cccc(C2/C(=C(\O)c3ccc4cc(OC)ccc4c3)C(=O)C(=O)N2Cc2cccnc2)c1. The number of fused-ring (bicyclic) bond motifs is 1. The van der Waals surface area contributed by atoms with Crippen LogP contribution in [0.5, 0.6) is 11.5 Å². The van der Waals surface area contributed by atoms with Crippen LogP contribution in [0.1, 0.15) is 29.7 Å². The second-order valence-electron chi connectivity index (χ2n) is 8.72. The lowest BCUT2D eigenvalue weighted by atomic mass is 9.94. The summed E-state index contributed by atoms with van der Waals surface area (Å²) in [6.07, 6.45) is 3.31. The molecule has 7 heteroatoms. The van der Waals surface area contributed by atoms with Crippen molar-refractivity contribution in [2.75, 3.05) is 13.7 Å². The number of methoxy groups -OCH3 is 1. The summed E-state index contributed by atoms with van der Waals surface area (Å²) in [6, 6.07) is 21.1. The predicted molar refractivity (Wildman–Crippen MR) is 140 cm³/mol. The Kier molecular flexibility index (Phi) is 6.60. The highest BCUT2D eigenvalue weighted by atomic mass is 16.5. The average Bonchev–Trinajstić information content (AvgIpc) is 3.18. The molecule has 2 heterocycles. The number of carbonyl (C=O) groups is 2. The number of pyridine rings is 1. The fourth-order valence-corrected chi connectivity index (χ4v) is 4.67. The van der Waals surface area contributed by atoms with E-state index in [1.807, 2.05) is 55.5 Å². The molecule has 0 radical (unpaired) electrons. The quantitative estimate of drug-likeness (QED) is 0.214. The molecule has 0 saturated carbocycles. The molecule has 0 aliphatic carbocycles. The maximum Gasteiger partial charge on any atom is 0.295 e. The molecule has 186 valence electrons. The monoisotopic (exact) mass is 494 g/mol. The number of aliphatic hydroxyl groups excluding tert-OH is 1. The van der Waals surface area contributed by atoms with Gasteiger partial charge in [0, 0.05) is 24.5 Å². The third-order valence-electron chi connectivity index (χ3n) is 6.42. The van der Waals surface area contributed by atoms with Crippen molar-refractivity contribution in [3.63, 3.8) is 0 Å². The van der Waals surface area contributed by atoms with Crippen LogP contribution in [0.15, 0.2) is 90.8 Å². The molecular formula is C30H26N2O5. The smallest absolute Gasteiger partial charge is 0.295 e. The minimum Gasteiger partial charge on any atom is -0.507 e. The van der Waals surface area contributed by atoms with Crippen molar-refractivity contribution in [1.82, 2.24) is 9.88 Å². The van der Waals surface area contributed by atoms with Crippen LogP contribution < -0.4 is 9.47 Å². The largest absolute Gasteiger partial charge is 0.507 e. The summed E-state index contributed by atoms with van der Waals surface area (Å²) in [4.78, 5) is 32.3. The van der Waals surface area contributed by atoms with Crippen LogP contribution in [-0.4, -0.2) is 40.4 Å². The van der Waals surface area contributed by atoms with Gasteiger partial charge < -0.3 is 19.5 Å². The molecule has 5 rings (SSSR count). The molecule has 1 N–H and O–H groups in total. The number of ether oxygens (including phenoxy) is 2. The van der Waals surface area contributed by atoms with E-state index >= 15 is 0 Å². The molecule has 1 amide bonds. The molecule has 1 fully saturated rings. The maximum atomic E-state index is 13.4. The third kappa shape index (κ3) is 4.63. The molecule has 1 unspecified atom stereocenters. The van der Waals surface area contributed by atoms with Gasteiger partial charge >= 0.3 is 0 Å². The zero-order valence-electron chi connectivity index (χ0n) is 20.5. The van der Waals surface area contributed by atoms with E-state index in [1.165, 1.54) is 4.90 Å². The van der Waals surface area contributed by atoms with Crippen LogP contribution >= 0.6 is 0 Å². The van der Waals surface area contributed by atoms with Crippen molar-refractivity contribution in [3.05, 3.63) is 107 Å². The van der Waals surface area contributed by atoms with Crippen LogP contribution in [0.25, 0.3) is 16.5 Å². The molecule has 0 bridgehead atoms. The summed E-state index contributed by atoms with van der Waals surface area (Å²) in [7, 11) is 1.60. The van der Waals surface area contributed by atoms with Gasteiger partial charge in [0.25, 0.3) is 11.7 Å². The standard InChI is InChI=1S/C30H26N2O5/c1-3-37-25-8-4-7-22(16-25)27-26(29(34)30(35)32(27)18-19-6-5-13-31-17-19)28(33)23-10-9-21-15-24(36-2)12-11-20(21)14-23/h4-17,27,33H,3,18H2,1-2H3/b28-26+. The van der Waals surface area contributed by atoms with E-state index in [9.17, 15) is 14.7 Å². The highest BCUT2D eigenvalue weighted by Gasteiger charge is 2.46. The number of benzene rings is 3. The van der Waals surface area contributed by atoms with Crippen molar-refractivity contribution in [2.24, 2.45) is 0 Å². The van der Waals surface area contributed by atoms with Gasteiger partial charge in [0.2, 0.25) is 0 Å². The number of carbonyl (C=O) groups excluding carboxylic acids is 2. The van der Waals surface area contributed by atoms with Gasteiger partial charge in [-0.25, -0.2) is 0 Å². The van der Waals surface area contributed by atoms with E-state index in [0.717, 1.165) is 22.1 Å². The predicted octanol–water partition coefficient (Wildman–Crippen LogP) is 5.26. The Hall–Kier alpha value is -4.65. The molecule has 1 aliphatic rings. The van der Waals surface area contributed by atoms with Crippen LogP contribution in [-0.2, 0) is 16.1 Å². The number of amides is 1. The Bertz CT molecular complexity index is 1510. The summed E-state index contributed by atoms with van der Waals surface area (Å²) >= 11 is 0. The Morgan fingerprint density at radius 1 is 0.973 bits per heavy atom. The lowest BCUT2D eigenvalue weighted by Crippen LogP contribution is -2.29. The second-order valence-corrected chi connectivity index (χ2v) is 8.72. The minimum atomic E-state index is -0.799. The van der Waals surface area contributed by atoms with E-state index in [1.54, 1.807) is 43.8 Å². The number of likely N-dealkylation sites (tertiary alicyclic amines) is 1. The molecule has 37 heavy (non-hydrogen) atoms. The average molecular weight is 495 g/mol. The van der Waals surface area contributed by atoms with Gasteiger partial charge in [-0.05, 0) is 65.2 Å². The number of hydrogen-bond acceptors (Lipinski definition) is 6. The second kappa shape index (κ2) is 10.1. The molecule has 1 aromatic heterocycles. The van der Waals surface area contributed by atoms with Crippen molar-refractivity contribution in [2.45, 2.75) is 19.5 Å². The minimum absolute atomic E-state index is 0.0374. The molecule has 7 nitrogen and oxygen atoms in total. The molecular weight excluding hydrogens is 468 g/mol. The summed E-state index contributed by atoms with van der Waals surface area (Å²) in [6.45, 7) is 2.52. The first-order valence-corrected chi connectivity index (χ1v) is 12.0. The maximum absolute atomic E-state index is 13.4. The zero-order valence-corrected chi connectivity index (χ0v) is 20.5. The molecule has 1 saturated heterocycles. The van der Waals surface area contributed by atoms with Crippen molar-refractivity contribution < 1.29 is 24.2 Å². The summed E-state index contributed by atoms with van der Waals surface area (Å²) in [5.74, 6) is -0.298. The number of aliphatic hydroxyl groups is 1.